The molecule has 4 nitrogen and oxygen atoms in total. The fourth-order valence-electron chi connectivity index (χ4n) is 3.80. The van der Waals surface area contributed by atoms with Gasteiger partial charge in [0.15, 0.2) is 0 Å². The Morgan fingerprint density at radius 1 is 1.27 bits per heavy atom. The number of thiophene rings is 1. The van der Waals surface area contributed by atoms with Crippen molar-refractivity contribution >= 4 is 17.2 Å². The number of likely N-dealkylation sites (tertiary alicyclic amines) is 2. The summed E-state index contributed by atoms with van der Waals surface area (Å²) in [7, 11) is 4.15. The third kappa shape index (κ3) is 3.36. The van der Waals surface area contributed by atoms with Gasteiger partial charge in [0.25, 0.3) is 0 Å². The van der Waals surface area contributed by atoms with Gasteiger partial charge >= 0.3 is 0 Å². The lowest BCUT2D eigenvalue weighted by Crippen LogP contribution is -2.53. The second kappa shape index (κ2) is 6.69. The molecular weight excluding hydrogens is 294 g/mol. The average molecular weight is 321 g/mol. The van der Waals surface area contributed by atoms with Crippen LogP contribution in [-0.2, 0) is 11.3 Å². The Hall–Kier alpha value is -0.910. The fraction of sp³-hybridized carbons (Fsp3) is 0.706. The van der Waals surface area contributed by atoms with Crippen LogP contribution in [0.15, 0.2) is 12.1 Å². The number of piperidine rings is 1. The number of hydrogen-bond acceptors (Lipinski definition) is 4. The van der Waals surface area contributed by atoms with Crippen molar-refractivity contribution in [2.24, 2.45) is 0 Å². The number of amides is 1. The van der Waals surface area contributed by atoms with Crippen LogP contribution in [0.5, 0.6) is 0 Å². The molecule has 2 fully saturated rings. The molecule has 1 amide bonds. The van der Waals surface area contributed by atoms with E-state index in [2.05, 4.69) is 47.9 Å². The Morgan fingerprint density at radius 3 is 2.77 bits per heavy atom. The highest BCUT2D eigenvalue weighted by atomic mass is 32.1. The number of fused-ring (bicyclic) bond motifs is 1. The molecule has 0 radical (unpaired) electrons. The second-order valence-electron chi connectivity index (χ2n) is 6.84. The summed E-state index contributed by atoms with van der Waals surface area (Å²) < 4.78 is 0. The quantitative estimate of drug-likeness (QED) is 0.832. The molecule has 0 bridgehead atoms. The minimum absolute atomic E-state index is 0.358. The molecule has 3 rings (SSSR count). The molecule has 0 N–H and O–H groups in total. The van der Waals surface area contributed by atoms with Crippen molar-refractivity contribution in [3.8, 4) is 0 Å². The van der Waals surface area contributed by atoms with E-state index in [1.54, 1.807) is 0 Å². The molecule has 1 aromatic heterocycles. The fourth-order valence-corrected chi connectivity index (χ4v) is 4.72. The molecule has 0 aliphatic carbocycles. The van der Waals surface area contributed by atoms with Crippen molar-refractivity contribution in [1.82, 2.24) is 14.7 Å². The molecule has 2 aliphatic rings. The predicted molar refractivity (Wildman–Crippen MR) is 91.2 cm³/mol. The molecule has 2 saturated heterocycles. The number of likely N-dealkylation sites (N-methyl/N-ethyl adjacent to an activating group) is 1. The lowest BCUT2D eigenvalue weighted by atomic mass is 9.96. The zero-order valence-corrected chi connectivity index (χ0v) is 14.7. The first-order chi connectivity index (χ1) is 10.5. The highest BCUT2D eigenvalue weighted by Gasteiger charge is 2.42. The van der Waals surface area contributed by atoms with Gasteiger partial charge in [0.05, 0.1) is 0 Å². The van der Waals surface area contributed by atoms with E-state index in [0.29, 0.717) is 24.4 Å². The number of aryl methyl sites for hydroxylation is 1. The molecule has 0 spiro atoms. The third-order valence-electron chi connectivity index (χ3n) is 4.94. The van der Waals surface area contributed by atoms with Gasteiger partial charge in [-0.15, -0.1) is 11.3 Å². The summed E-state index contributed by atoms with van der Waals surface area (Å²) in [6.45, 7) is 6.18. The van der Waals surface area contributed by atoms with Crippen LogP contribution in [0.4, 0.5) is 0 Å². The number of carbonyl (C=O) groups excluding carboxylic acids is 1. The van der Waals surface area contributed by atoms with Crippen molar-refractivity contribution in [1.29, 1.82) is 0 Å². The largest absolute Gasteiger partial charge is 0.337 e. The Labute approximate surface area is 137 Å². The Balaban J connectivity index is 1.65. The van der Waals surface area contributed by atoms with Crippen LogP contribution in [0.3, 0.4) is 0 Å². The summed E-state index contributed by atoms with van der Waals surface area (Å²) in [6.07, 6.45) is 2.88. The Kier molecular flexibility index (Phi) is 4.85. The SMILES string of the molecule is Cc1ccc(CN2CC[C@@H]3[C@H]2CCC(=O)N3CCN(C)C)s1. The van der Waals surface area contributed by atoms with Gasteiger partial charge in [-0.2, -0.15) is 0 Å². The molecule has 1 aromatic rings. The van der Waals surface area contributed by atoms with Gasteiger partial charge in [-0.1, -0.05) is 0 Å². The molecule has 2 atom stereocenters. The summed E-state index contributed by atoms with van der Waals surface area (Å²) in [5.74, 6) is 0.358. The normalized spacial score (nSPS) is 26.0. The lowest BCUT2D eigenvalue weighted by Gasteiger charge is -2.40. The Morgan fingerprint density at radius 2 is 2.09 bits per heavy atom. The van der Waals surface area contributed by atoms with Gasteiger partial charge in [0.2, 0.25) is 5.91 Å². The maximum Gasteiger partial charge on any atom is 0.222 e. The van der Waals surface area contributed by atoms with Crippen LogP contribution >= 0.6 is 11.3 Å². The van der Waals surface area contributed by atoms with Gasteiger partial charge < -0.3 is 9.80 Å². The van der Waals surface area contributed by atoms with Crippen LogP contribution in [-0.4, -0.2) is 66.4 Å². The monoisotopic (exact) mass is 321 g/mol. The first-order valence-corrected chi connectivity index (χ1v) is 9.10. The van der Waals surface area contributed by atoms with Gasteiger partial charge in [-0.05, 0) is 46.0 Å². The van der Waals surface area contributed by atoms with E-state index in [1.807, 2.05) is 11.3 Å². The maximum absolute atomic E-state index is 12.3. The molecule has 0 saturated carbocycles. The summed E-state index contributed by atoms with van der Waals surface area (Å²) in [6, 6.07) is 5.46. The van der Waals surface area contributed by atoms with Crippen LogP contribution in [0.1, 0.15) is 29.0 Å². The topological polar surface area (TPSA) is 26.8 Å². The van der Waals surface area contributed by atoms with E-state index in [4.69, 9.17) is 0 Å². The molecular formula is C17H27N3OS. The molecule has 0 aromatic carbocycles. The van der Waals surface area contributed by atoms with Crippen LogP contribution in [0.25, 0.3) is 0 Å². The van der Waals surface area contributed by atoms with Gasteiger partial charge in [-0.3, -0.25) is 9.69 Å². The predicted octanol–water partition coefficient (Wildman–Crippen LogP) is 2.18. The number of rotatable bonds is 5. The summed E-state index contributed by atoms with van der Waals surface area (Å²) in [4.78, 5) is 22.1. The van der Waals surface area contributed by atoms with Gasteiger partial charge in [-0.25, -0.2) is 0 Å². The lowest BCUT2D eigenvalue weighted by molar-refractivity contribution is -0.137. The maximum atomic E-state index is 12.3. The van der Waals surface area contributed by atoms with Crippen molar-refractivity contribution in [2.45, 2.75) is 44.8 Å². The molecule has 122 valence electrons. The van der Waals surface area contributed by atoms with E-state index in [9.17, 15) is 4.79 Å². The van der Waals surface area contributed by atoms with Crippen LogP contribution < -0.4 is 0 Å². The average Bonchev–Trinajstić information content (AvgIpc) is 3.05. The highest BCUT2D eigenvalue weighted by molar-refractivity contribution is 7.11. The Bertz CT molecular complexity index is 528. The van der Waals surface area contributed by atoms with E-state index < -0.39 is 0 Å². The van der Waals surface area contributed by atoms with Gasteiger partial charge in [0.1, 0.15) is 0 Å². The zero-order valence-electron chi connectivity index (χ0n) is 13.9. The first kappa shape index (κ1) is 16.0. The summed E-state index contributed by atoms with van der Waals surface area (Å²) in [5.41, 5.74) is 0. The van der Waals surface area contributed by atoms with E-state index in [0.717, 1.165) is 39.0 Å². The van der Waals surface area contributed by atoms with Crippen LogP contribution in [0.2, 0.25) is 0 Å². The van der Waals surface area contributed by atoms with Gasteiger partial charge in [0, 0.05) is 54.4 Å². The molecule has 3 heterocycles. The second-order valence-corrected chi connectivity index (χ2v) is 8.21. The van der Waals surface area contributed by atoms with Crippen molar-refractivity contribution in [2.75, 3.05) is 33.7 Å². The first-order valence-electron chi connectivity index (χ1n) is 8.28. The third-order valence-corrected chi connectivity index (χ3v) is 5.93. The minimum Gasteiger partial charge on any atom is -0.337 e. The standard InChI is InChI=1S/C17H27N3OS/c1-13-4-5-14(22-13)12-19-9-8-16-15(19)6-7-17(21)20(16)11-10-18(2)3/h4-5,15-16H,6-12H2,1-3H3/t15-,16-/m1/s1. The van der Waals surface area contributed by atoms with Crippen molar-refractivity contribution < 1.29 is 4.79 Å². The van der Waals surface area contributed by atoms with E-state index in [1.165, 1.54) is 9.75 Å². The molecule has 0 unspecified atom stereocenters. The number of carbonyl (C=O) groups is 1. The number of hydrogen-bond donors (Lipinski definition) is 0. The smallest absolute Gasteiger partial charge is 0.222 e. The summed E-state index contributed by atoms with van der Waals surface area (Å²) >= 11 is 1.90. The molecule has 22 heavy (non-hydrogen) atoms. The molecule has 5 heteroatoms. The zero-order chi connectivity index (χ0) is 15.7. The number of nitrogens with zero attached hydrogens (tertiary/aromatic N) is 3. The van der Waals surface area contributed by atoms with E-state index in [-0.39, 0.29) is 0 Å². The minimum atomic E-state index is 0.358. The molecule has 2 aliphatic heterocycles. The van der Waals surface area contributed by atoms with Crippen LogP contribution in [0, 0.1) is 6.92 Å². The van der Waals surface area contributed by atoms with Crippen molar-refractivity contribution in [3.05, 3.63) is 21.9 Å². The summed E-state index contributed by atoms with van der Waals surface area (Å²) in [5, 5.41) is 0. The van der Waals surface area contributed by atoms with Crippen molar-refractivity contribution in [3.63, 3.8) is 0 Å². The highest BCUT2D eigenvalue weighted by Crippen LogP contribution is 2.33. The van der Waals surface area contributed by atoms with E-state index >= 15 is 0 Å².